The van der Waals surface area contributed by atoms with Crippen molar-refractivity contribution in [2.75, 3.05) is 24.7 Å². The Labute approximate surface area is 201 Å². The Hall–Kier alpha value is -2.56. The minimum absolute atomic E-state index is 0.120. The Morgan fingerprint density at radius 2 is 2.00 bits per heavy atom. The Bertz CT molecular complexity index is 1210. The van der Waals surface area contributed by atoms with E-state index in [9.17, 15) is 10.1 Å². The summed E-state index contributed by atoms with van der Waals surface area (Å²) in [5.74, 6) is -0.0905. The smallest absolute Gasteiger partial charge is 0.234 e. The van der Waals surface area contributed by atoms with Crippen molar-refractivity contribution in [3.05, 3.63) is 75.4 Å². The number of nitrogens with zero attached hydrogens (tertiary/aromatic N) is 3. The fourth-order valence-electron chi connectivity index (χ4n) is 3.71. The standard InChI is InChI=1S/C24H20Cl2N4OS/c1-30-10-9-21-18(13-30)23(15-5-3-2-4-6-15)17(12-27)24(29-21)32-14-22(31)28-16-7-8-19(25)20(26)11-16/h2-8,11H,9-10,13-14H2,1H3,(H,28,31). The Morgan fingerprint density at radius 1 is 1.22 bits per heavy atom. The monoisotopic (exact) mass is 482 g/mol. The number of rotatable bonds is 5. The number of thioether (sulfide) groups is 1. The van der Waals surface area contributed by atoms with Gasteiger partial charge in [0.15, 0.2) is 0 Å². The number of hydrogen-bond donors (Lipinski definition) is 1. The molecule has 0 aliphatic carbocycles. The van der Waals surface area contributed by atoms with E-state index in [2.05, 4.69) is 23.3 Å². The van der Waals surface area contributed by atoms with Crippen molar-refractivity contribution in [1.82, 2.24) is 9.88 Å². The number of nitrogens with one attached hydrogen (secondary N) is 1. The number of nitriles is 1. The van der Waals surface area contributed by atoms with Crippen LogP contribution in [0.25, 0.3) is 11.1 Å². The van der Waals surface area contributed by atoms with E-state index in [1.54, 1.807) is 18.2 Å². The van der Waals surface area contributed by atoms with Gasteiger partial charge < -0.3 is 10.2 Å². The lowest BCUT2D eigenvalue weighted by molar-refractivity contribution is -0.113. The van der Waals surface area contributed by atoms with E-state index >= 15 is 0 Å². The second-order valence-electron chi connectivity index (χ2n) is 7.52. The molecule has 5 nitrogen and oxygen atoms in total. The normalized spacial score (nSPS) is 13.3. The van der Waals surface area contributed by atoms with Gasteiger partial charge in [-0.2, -0.15) is 5.26 Å². The fraction of sp³-hybridized carbons (Fsp3) is 0.208. The molecule has 2 heterocycles. The van der Waals surface area contributed by atoms with E-state index in [-0.39, 0.29) is 11.7 Å². The molecule has 1 aliphatic heterocycles. The number of carbonyl (C=O) groups is 1. The molecule has 4 rings (SSSR count). The maximum absolute atomic E-state index is 12.5. The van der Waals surface area contributed by atoms with Gasteiger partial charge in [-0.3, -0.25) is 4.79 Å². The Balaban J connectivity index is 1.63. The number of anilines is 1. The maximum Gasteiger partial charge on any atom is 0.234 e. The highest BCUT2D eigenvalue weighted by molar-refractivity contribution is 8.00. The van der Waals surface area contributed by atoms with Gasteiger partial charge in [-0.05, 0) is 36.4 Å². The second kappa shape index (κ2) is 9.93. The molecule has 162 valence electrons. The summed E-state index contributed by atoms with van der Waals surface area (Å²) in [6.45, 7) is 1.64. The van der Waals surface area contributed by atoms with Crippen molar-refractivity contribution < 1.29 is 4.79 Å². The van der Waals surface area contributed by atoms with E-state index in [1.807, 2.05) is 30.3 Å². The van der Waals surface area contributed by atoms with Gasteiger partial charge >= 0.3 is 0 Å². The van der Waals surface area contributed by atoms with Crippen molar-refractivity contribution in [2.45, 2.75) is 18.0 Å². The minimum atomic E-state index is -0.210. The number of carbonyl (C=O) groups excluding carboxylic acids is 1. The molecule has 8 heteroatoms. The quantitative estimate of drug-likeness (QED) is 0.476. The van der Waals surface area contributed by atoms with E-state index < -0.39 is 0 Å². The van der Waals surface area contributed by atoms with Crippen molar-refractivity contribution in [3.63, 3.8) is 0 Å². The molecule has 1 aromatic heterocycles. The first-order valence-corrected chi connectivity index (χ1v) is 11.8. The third-order valence-corrected chi connectivity index (χ3v) is 6.94. The molecule has 0 saturated carbocycles. The van der Waals surface area contributed by atoms with E-state index in [1.165, 1.54) is 11.8 Å². The first kappa shape index (κ1) is 22.6. The molecule has 0 fully saturated rings. The maximum atomic E-state index is 12.5. The van der Waals surface area contributed by atoms with Crippen LogP contribution in [0.5, 0.6) is 0 Å². The lowest BCUT2D eigenvalue weighted by Gasteiger charge is -2.28. The highest BCUT2D eigenvalue weighted by Crippen LogP contribution is 2.37. The minimum Gasteiger partial charge on any atom is -0.325 e. The number of likely N-dealkylation sites (N-methyl/N-ethyl adjacent to an activating group) is 1. The molecule has 0 spiro atoms. The molecule has 32 heavy (non-hydrogen) atoms. The number of benzene rings is 2. The number of pyridine rings is 1. The van der Waals surface area contributed by atoms with Gasteiger partial charge in [0.05, 0.1) is 21.4 Å². The van der Waals surface area contributed by atoms with Crippen molar-refractivity contribution in [3.8, 4) is 17.2 Å². The van der Waals surface area contributed by atoms with E-state index in [0.717, 1.165) is 41.9 Å². The number of amides is 1. The SMILES string of the molecule is CN1CCc2nc(SCC(=O)Nc3ccc(Cl)c(Cl)c3)c(C#N)c(-c3ccccc3)c2C1. The summed E-state index contributed by atoms with van der Waals surface area (Å²) in [7, 11) is 2.07. The summed E-state index contributed by atoms with van der Waals surface area (Å²) in [6, 6.07) is 17.2. The number of halogens is 2. The Morgan fingerprint density at radius 3 is 2.72 bits per heavy atom. The van der Waals surface area contributed by atoms with Crippen LogP contribution in [-0.4, -0.2) is 35.1 Å². The molecule has 1 amide bonds. The zero-order valence-electron chi connectivity index (χ0n) is 17.4. The predicted octanol–water partition coefficient (Wildman–Crippen LogP) is 5.65. The summed E-state index contributed by atoms with van der Waals surface area (Å²) in [5.41, 5.74) is 5.06. The first-order valence-electron chi connectivity index (χ1n) is 10.0. The largest absolute Gasteiger partial charge is 0.325 e. The molecule has 1 N–H and O–H groups in total. The topological polar surface area (TPSA) is 69.0 Å². The van der Waals surface area contributed by atoms with Gasteiger partial charge in [-0.25, -0.2) is 4.98 Å². The lowest BCUT2D eigenvalue weighted by atomic mass is 9.92. The predicted molar refractivity (Wildman–Crippen MR) is 130 cm³/mol. The van der Waals surface area contributed by atoms with Crippen LogP contribution in [0, 0.1) is 11.3 Å². The fourth-order valence-corrected chi connectivity index (χ4v) is 4.81. The molecule has 0 radical (unpaired) electrons. The summed E-state index contributed by atoms with van der Waals surface area (Å²) in [6.07, 6.45) is 0.806. The number of aromatic nitrogens is 1. The molecule has 0 saturated heterocycles. The van der Waals surface area contributed by atoms with Gasteiger partial charge in [0, 0.05) is 36.5 Å². The molecule has 0 bridgehead atoms. The number of hydrogen-bond acceptors (Lipinski definition) is 5. The van der Waals surface area contributed by atoms with Gasteiger partial charge in [0.1, 0.15) is 11.1 Å². The van der Waals surface area contributed by atoms with Crippen molar-refractivity contribution >= 4 is 46.6 Å². The van der Waals surface area contributed by atoms with E-state index in [0.29, 0.717) is 26.3 Å². The van der Waals surface area contributed by atoms with Crippen LogP contribution in [0.15, 0.2) is 53.6 Å². The molecule has 1 aliphatic rings. The summed E-state index contributed by atoms with van der Waals surface area (Å²) < 4.78 is 0. The highest BCUT2D eigenvalue weighted by atomic mass is 35.5. The average Bonchev–Trinajstić information content (AvgIpc) is 2.79. The summed E-state index contributed by atoms with van der Waals surface area (Å²) in [5, 5.41) is 14.2. The third kappa shape index (κ3) is 4.92. The van der Waals surface area contributed by atoms with E-state index in [4.69, 9.17) is 28.2 Å². The zero-order chi connectivity index (χ0) is 22.7. The second-order valence-corrected chi connectivity index (χ2v) is 9.30. The van der Waals surface area contributed by atoms with Gasteiger partial charge in [0.2, 0.25) is 5.91 Å². The van der Waals surface area contributed by atoms with Crippen LogP contribution in [0.2, 0.25) is 10.0 Å². The molecule has 0 unspecified atom stereocenters. The molecule has 2 aromatic carbocycles. The van der Waals surface area contributed by atoms with Crippen LogP contribution in [0.4, 0.5) is 5.69 Å². The first-order chi connectivity index (χ1) is 15.5. The molecular weight excluding hydrogens is 463 g/mol. The Kier molecular flexibility index (Phi) is 7.02. The number of fused-ring (bicyclic) bond motifs is 1. The molecule has 3 aromatic rings. The average molecular weight is 483 g/mol. The van der Waals surface area contributed by atoms with Crippen LogP contribution in [0.1, 0.15) is 16.8 Å². The zero-order valence-corrected chi connectivity index (χ0v) is 19.7. The summed E-state index contributed by atoms with van der Waals surface area (Å²) in [4.78, 5) is 19.6. The van der Waals surface area contributed by atoms with Crippen molar-refractivity contribution in [2.24, 2.45) is 0 Å². The van der Waals surface area contributed by atoms with Gasteiger partial charge in [-0.15, -0.1) is 0 Å². The van der Waals surface area contributed by atoms with Crippen LogP contribution in [-0.2, 0) is 17.8 Å². The van der Waals surface area contributed by atoms with Gasteiger partial charge in [-0.1, -0.05) is 65.3 Å². The van der Waals surface area contributed by atoms with Crippen LogP contribution >= 0.6 is 35.0 Å². The van der Waals surface area contributed by atoms with Crippen LogP contribution < -0.4 is 5.32 Å². The molecule has 0 atom stereocenters. The van der Waals surface area contributed by atoms with Crippen molar-refractivity contribution in [1.29, 1.82) is 5.26 Å². The highest BCUT2D eigenvalue weighted by Gasteiger charge is 2.25. The van der Waals surface area contributed by atoms with Crippen LogP contribution in [0.3, 0.4) is 0 Å². The lowest BCUT2D eigenvalue weighted by Crippen LogP contribution is -2.28. The third-order valence-electron chi connectivity index (χ3n) is 5.23. The summed E-state index contributed by atoms with van der Waals surface area (Å²) >= 11 is 13.2. The van der Waals surface area contributed by atoms with Gasteiger partial charge in [0.25, 0.3) is 0 Å². The molecular formula is C24H20Cl2N4OS.